The van der Waals surface area contributed by atoms with E-state index in [1.807, 2.05) is 75.4 Å². The summed E-state index contributed by atoms with van der Waals surface area (Å²) < 4.78 is 5.74. The predicted molar refractivity (Wildman–Crippen MR) is 136 cm³/mol. The van der Waals surface area contributed by atoms with Crippen LogP contribution < -0.4 is 10.1 Å². The molecule has 34 heavy (non-hydrogen) atoms. The minimum absolute atomic E-state index is 0.0511. The van der Waals surface area contributed by atoms with Crippen LogP contribution in [0.15, 0.2) is 78.9 Å². The number of rotatable bonds is 10. The first-order chi connectivity index (χ1) is 16.3. The van der Waals surface area contributed by atoms with E-state index in [9.17, 15) is 9.59 Å². The first-order valence-electron chi connectivity index (χ1n) is 11.4. The Kier molecular flexibility index (Phi) is 9.11. The number of carbonyl (C=O) groups is 2. The van der Waals surface area contributed by atoms with Gasteiger partial charge in [0.25, 0.3) is 5.91 Å². The van der Waals surface area contributed by atoms with Crippen LogP contribution in [-0.2, 0) is 22.6 Å². The van der Waals surface area contributed by atoms with E-state index in [0.29, 0.717) is 23.7 Å². The monoisotopic (exact) mass is 478 g/mol. The molecule has 3 aromatic carbocycles. The van der Waals surface area contributed by atoms with Gasteiger partial charge in [-0.3, -0.25) is 9.59 Å². The number of nitrogens with zero attached hydrogens (tertiary/aromatic N) is 1. The number of benzene rings is 3. The molecule has 0 heterocycles. The number of nitrogens with one attached hydrogen (secondary N) is 1. The molecule has 2 amide bonds. The number of halogens is 1. The first-order valence-corrected chi connectivity index (χ1v) is 11.8. The van der Waals surface area contributed by atoms with Crippen LogP contribution in [0.25, 0.3) is 0 Å². The SMILES string of the molecule is Cc1ccc(CN(C(=O)COc2cccc(Cl)c2)C(Cc2ccccc2)C(=O)NC(C)C)cc1. The van der Waals surface area contributed by atoms with Gasteiger partial charge in [0.05, 0.1) is 0 Å². The summed E-state index contributed by atoms with van der Waals surface area (Å²) in [5.41, 5.74) is 3.05. The number of carbonyl (C=O) groups excluding carboxylic acids is 2. The molecule has 6 heteroatoms. The second-order valence-electron chi connectivity index (χ2n) is 8.62. The van der Waals surface area contributed by atoms with Crippen molar-refractivity contribution in [3.05, 3.63) is 101 Å². The number of amides is 2. The van der Waals surface area contributed by atoms with Crippen molar-refractivity contribution < 1.29 is 14.3 Å². The summed E-state index contributed by atoms with van der Waals surface area (Å²) in [5.74, 6) is 0.0323. The molecular formula is C28H31ClN2O3. The standard InChI is InChI=1S/C28H31ClN2O3/c1-20(2)30-28(33)26(16-22-8-5-4-6-9-22)31(18-23-14-12-21(3)13-15-23)27(32)19-34-25-11-7-10-24(29)17-25/h4-15,17,20,26H,16,18-19H2,1-3H3,(H,30,33). The molecule has 0 saturated heterocycles. The van der Waals surface area contributed by atoms with Crippen molar-refractivity contribution in [2.24, 2.45) is 0 Å². The van der Waals surface area contributed by atoms with Gasteiger partial charge in [0.2, 0.25) is 5.91 Å². The van der Waals surface area contributed by atoms with Gasteiger partial charge in [-0.1, -0.05) is 77.8 Å². The molecule has 0 aliphatic heterocycles. The minimum Gasteiger partial charge on any atom is -0.484 e. The van der Waals surface area contributed by atoms with Gasteiger partial charge in [-0.2, -0.15) is 0 Å². The summed E-state index contributed by atoms with van der Waals surface area (Å²) in [6.07, 6.45) is 0.397. The average molecular weight is 479 g/mol. The topological polar surface area (TPSA) is 58.6 Å². The molecular weight excluding hydrogens is 448 g/mol. The van der Waals surface area contributed by atoms with E-state index in [1.165, 1.54) is 0 Å². The molecule has 3 aromatic rings. The zero-order valence-corrected chi connectivity index (χ0v) is 20.6. The van der Waals surface area contributed by atoms with Crippen molar-refractivity contribution in [3.8, 4) is 5.75 Å². The largest absolute Gasteiger partial charge is 0.484 e. The van der Waals surface area contributed by atoms with Gasteiger partial charge in [-0.15, -0.1) is 0 Å². The van der Waals surface area contributed by atoms with Crippen LogP contribution in [0.4, 0.5) is 0 Å². The fourth-order valence-corrected chi connectivity index (χ4v) is 3.79. The molecule has 0 radical (unpaired) electrons. The maximum atomic E-state index is 13.5. The van der Waals surface area contributed by atoms with E-state index >= 15 is 0 Å². The zero-order valence-electron chi connectivity index (χ0n) is 19.8. The minimum atomic E-state index is -0.693. The molecule has 178 valence electrons. The maximum absolute atomic E-state index is 13.5. The molecule has 0 aromatic heterocycles. The molecule has 3 rings (SSSR count). The smallest absolute Gasteiger partial charge is 0.261 e. The Morgan fingerprint density at radius 3 is 2.29 bits per heavy atom. The van der Waals surface area contributed by atoms with Crippen LogP contribution in [0.2, 0.25) is 5.02 Å². The van der Waals surface area contributed by atoms with Crippen molar-refractivity contribution in [1.82, 2.24) is 10.2 Å². The lowest BCUT2D eigenvalue weighted by Gasteiger charge is -2.32. The summed E-state index contributed by atoms with van der Waals surface area (Å²) >= 11 is 6.05. The third-order valence-corrected chi connectivity index (χ3v) is 5.57. The van der Waals surface area contributed by atoms with Gasteiger partial charge < -0.3 is 15.0 Å². The highest BCUT2D eigenvalue weighted by Crippen LogP contribution is 2.19. The highest BCUT2D eigenvalue weighted by Gasteiger charge is 2.31. The van der Waals surface area contributed by atoms with E-state index in [-0.39, 0.29) is 24.5 Å². The van der Waals surface area contributed by atoms with Crippen LogP contribution in [0.3, 0.4) is 0 Å². The molecule has 0 aliphatic rings. The fourth-order valence-electron chi connectivity index (χ4n) is 3.61. The van der Waals surface area contributed by atoms with Crippen molar-refractivity contribution in [2.45, 2.75) is 45.8 Å². The van der Waals surface area contributed by atoms with Crippen LogP contribution in [0.1, 0.15) is 30.5 Å². The van der Waals surface area contributed by atoms with Crippen molar-refractivity contribution in [3.63, 3.8) is 0 Å². The van der Waals surface area contributed by atoms with Crippen LogP contribution in [-0.4, -0.2) is 35.4 Å². The Bertz CT molecular complexity index is 1080. The lowest BCUT2D eigenvalue weighted by Crippen LogP contribution is -2.52. The van der Waals surface area contributed by atoms with Gasteiger partial charge in [0, 0.05) is 24.0 Å². The van der Waals surface area contributed by atoms with Gasteiger partial charge in [-0.05, 0) is 50.1 Å². The van der Waals surface area contributed by atoms with E-state index in [2.05, 4.69) is 5.32 Å². The fraction of sp³-hybridized carbons (Fsp3) is 0.286. The van der Waals surface area contributed by atoms with Gasteiger partial charge in [0.15, 0.2) is 6.61 Å². The van der Waals surface area contributed by atoms with Crippen molar-refractivity contribution >= 4 is 23.4 Å². The Morgan fingerprint density at radius 2 is 1.65 bits per heavy atom. The summed E-state index contributed by atoms with van der Waals surface area (Å²) in [6.45, 7) is 5.92. The van der Waals surface area contributed by atoms with Crippen molar-refractivity contribution in [1.29, 1.82) is 0 Å². The molecule has 1 N–H and O–H groups in total. The van der Waals surface area contributed by atoms with Gasteiger partial charge in [-0.25, -0.2) is 0 Å². The highest BCUT2D eigenvalue weighted by molar-refractivity contribution is 6.30. The molecule has 0 fully saturated rings. The summed E-state index contributed by atoms with van der Waals surface area (Å²) in [5, 5.41) is 3.51. The molecule has 0 aliphatic carbocycles. The predicted octanol–water partition coefficient (Wildman–Crippen LogP) is 5.19. The summed E-state index contributed by atoms with van der Waals surface area (Å²) in [6, 6.07) is 23.9. The second kappa shape index (κ2) is 12.2. The Labute approximate surface area is 206 Å². The Hall–Kier alpha value is -3.31. The molecule has 1 unspecified atom stereocenters. The number of ether oxygens (including phenoxy) is 1. The first kappa shape index (κ1) is 25.3. The van der Waals surface area contributed by atoms with E-state index < -0.39 is 6.04 Å². The number of aryl methyl sites for hydroxylation is 1. The average Bonchev–Trinajstić information content (AvgIpc) is 2.81. The Balaban J connectivity index is 1.90. The highest BCUT2D eigenvalue weighted by atomic mass is 35.5. The van der Waals surface area contributed by atoms with Crippen molar-refractivity contribution in [2.75, 3.05) is 6.61 Å². The second-order valence-corrected chi connectivity index (χ2v) is 9.06. The Morgan fingerprint density at radius 1 is 0.941 bits per heavy atom. The molecule has 5 nitrogen and oxygen atoms in total. The quantitative estimate of drug-likeness (QED) is 0.436. The van der Waals surface area contributed by atoms with Crippen LogP contribution in [0.5, 0.6) is 5.75 Å². The lowest BCUT2D eigenvalue weighted by molar-refractivity contribution is -0.143. The third kappa shape index (κ3) is 7.63. The summed E-state index contributed by atoms with van der Waals surface area (Å²) in [7, 11) is 0. The molecule has 0 bridgehead atoms. The van der Waals surface area contributed by atoms with Crippen LogP contribution in [0, 0.1) is 6.92 Å². The molecule has 0 saturated carbocycles. The van der Waals surface area contributed by atoms with E-state index in [0.717, 1.165) is 16.7 Å². The van der Waals surface area contributed by atoms with Gasteiger partial charge >= 0.3 is 0 Å². The summed E-state index contributed by atoms with van der Waals surface area (Å²) in [4.78, 5) is 28.4. The normalized spacial score (nSPS) is 11.7. The molecule has 1 atom stereocenters. The number of hydrogen-bond acceptors (Lipinski definition) is 3. The number of hydrogen-bond donors (Lipinski definition) is 1. The van der Waals surface area contributed by atoms with Gasteiger partial charge in [0.1, 0.15) is 11.8 Å². The molecule has 0 spiro atoms. The zero-order chi connectivity index (χ0) is 24.5. The van der Waals surface area contributed by atoms with E-state index in [4.69, 9.17) is 16.3 Å². The maximum Gasteiger partial charge on any atom is 0.261 e. The van der Waals surface area contributed by atoms with E-state index in [1.54, 1.807) is 29.2 Å². The third-order valence-electron chi connectivity index (χ3n) is 5.33. The lowest BCUT2D eigenvalue weighted by atomic mass is 10.0. The van der Waals surface area contributed by atoms with Crippen LogP contribution >= 0.6 is 11.6 Å².